The number of halogens is 3. The number of sulfonamides is 1. The second kappa shape index (κ2) is 6.42. The van der Waals surface area contributed by atoms with Gasteiger partial charge in [0.15, 0.2) is 0 Å². The van der Waals surface area contributed by atoms with Crippen LogP contribution >= 0.6 is 0 Å². The minimum absolute atomic E-state index is 0.153. The fourth-order valence-corrected chi connectivity index (χ4v) is 2.07. The van der Waals surface area contributed by atoms with E-state index in [1.165, 1.54) is 0 Å². The van der Waals surface area contributed by atoms with Crippen LogP contribution in [-0.2, 0) is 14.8 Å². The standard InChI is InChI=1S/C11H14F3NO4S/c1-8(2)18-7-15-20(16,17)10-5-3-9(4-6-10)19-11(12,13)14/h3-6,8,15H,7H2,1-2H3. The van der Waals surface area contributed by atoms with Gasteiger partial charge < -0.3 is 9.47 Å². The molecule has 0 bridgehead atoms. The Bertz CT molecular complexity index is 526. The van der Waals surface area contributed by atoms with Crippen LogP contribution in [0.25, 0.3) is 0 Å². The van der Waals surface area contributed by atoms with Gasteiger partial charge in [-0.05, 0) is 38.1 Å². The van der Waals surface area contributed by atoms with E-state index in [2.05, 4.69) is 9.46 Å². The fourth-order valence-electron chi connectivity index (χ4n) is 1.18. The number of hydrogen-bond donors (Lipinski definition) is 1. The first-order valence-electron chi connectivity index (χ1n) is 5.57. The van der Waals surface area contributed by atoms with Crippen molar-refractivity contribution in [2.45, 2.75) is 31.2 Å². The highest BCUT2D eigenvalue weighted by Gasteiger charge is 2.31. The maximum atomic E-state index is 11.9. The molecule has 5 nitrogen and oxygen atoms in total. The molecule has 0 saturated carbocycles. The average molecular weight is 313 g/mol. The Morgan fingerprint density at radius 3 is 2.20 bits per heavy atom. The highest BCUT2D eigenvalue weighted by molar-refractivity contribution is 7.89. The van der Waals surface area contributed by atoms with Crippen LogP contribution in [0.5, 0.6) is 5.75 Å². The summed E-state index contributed by atoms with van der Waals surface area (Å²) in [7, 11) is -3.83. The molecule has 114 valence electrons. The van der Waals surface area contributed by atoms with Gasteiger partial charge in [0.05, 0.1) is 11.0 Å². The van der Waals surface area contributed by atoms with Crippen molar-refractivity contribution in [3.8, 4) is 5.75 Å². The first kappa shape index (κ1) is 16.7. The predicted octanol–water partition coefficient (Wildman–Crippen LogP) is 2.25. The lowest BCUT2D eigenvalue weighted by Gasteiger charge is -2.11. The van der Waals surface area contributed by atoms with E-state index in [9.17, 15) is 21.6 Å². The summed E-state index contributed by atoms with van der Waals surface area (Å²) in [5, 5.41) is 0. The molecule has 9 heteroatoms. The van der Waals surface area contributed by atoms with Crippen molar-refractivity contribution >= 4 is 10.0 Å². The Labute approximate surface area is 114 Å². The Morgan fingerprint density at radius 1 is 1.20 bits per heavy atom. The summed E-state index contributed by atoms with van der Waals surface area (Å²) < 4.78 is 70.2. The van der Waals surface area contributed by atoms with E-state index in [0.29, 0.717) is 0 Å². The van der Waals surface area contributed by atoms with Crippen molar-refractivity contribution in [2.75, 3.05) is 6.73 Å². The van der Waals surface area contributed by atoms with Crippen molar-refractivity contribution in [3.05, 3.63) is 24.3 Å². The minimum atomic E-state index is -4.82. The highest BCUT2D eigenvalue weighted by Crippen LogP contribution is 2.23. The summed E-state index contributed by atoms with van der Waals surface area (Å²) in [6, 6.07) is 3.87. The van der Waals surface area contributed by atoms with Crippen molar-refractivity contribution in [1.82, 2.24) is 4.72 Å². The minimum Gasteiger partial charge on any atom is -0.406 e. The molecule has 1 aromatic rings. The molecule has 1 N–H and O–H groups in total. The van der Waals surface area contributed by atoms with Crippen molar-refractivity contribution in [2.24, 2.45) is 0 Å². The lowest BCUT2D eigenvalue weighted by molar-refractivity contribution is -0.274. The number of nitrogens with one attached hydrogen (secondary N) is 1. The van der Waals surface area contributed by atoms with Crippen LogP contribution in [0.1, 0.15) is 13.8 Å². The van der Waals surface area contributed by atoms with E-state index in [4.69, 9.17) is 4.74 Å². The molecule has 0 heterocycles. The molecule has 0 aliphatic heterocycles. The highest BCUT2D eigenvalue weighted by atomic mass is 32.2. The van der Waals surface area contributed by atoms with Gasteiger partial charge in [-0.25, -0.2) is 8.42 Å². The quantitative estimate of drug-likeness (QED) is 0.818. The summed E-state index contributed by atoms with van der Waals surface area (Å²) >= 11 is 0. The van der Waals surface area contributed by atoms with E-state index in [1.807, 2.05) is 0 Å². The van der Waals surface area contributed by atoms with Crippen molar-refractivity contribution in [1.29, 1.82) is 0 Å². The number of hydrogen-bond acceptors (Lipinski definition) is 4. The van der Waals surface area contributed by atoms with E-state index < -0.39 is 22.1 Å². The van der Waals surface area contributed by atoms with Gasteiger partial charge in [-0.15, -0.1) is 13.2 Å². The van der Waals surface area contributed by atoms with Gasteiger partial charge >= 0.3 is 6.36 Å². The van der Waals surface area contributed by atoms with Gasteiger partial charge in [-0.2, -0.15) is 4.72 Å². The number of benzene rings is 1. The van der Waals surface area contributed by atoms with Crippen LogP contribution in [0.3, 0.4) is 0 Å². The van der Waals surface area contributed by atoms with Gasteiger partial charge in [0.25, 0.3) is 0 Å². The lowest BCUT2D eigenvalue weighted by Crippen LogP contribution is -2.27. The topological polar surface area (TPSA) is 64.6 Å². The van der Waals surface area contributed by atoms with Gasteiger partial charge in [0.1, 0.15) is 12.5 Å². The molecule has 1 rings (SSSR count). The molecule has 0 unspecified atom stereocenters. The molecular formula is C11H14F3NO4S. The number of ether oxygens (including phenoxy) is 2. The zero-order valence-corrected chi connectivity index (χ0v) is 11.6. The maximum absolute atomic E-state index is 11.9. The van der Waals surface area contributed by atoms with Crippen molar-refractivity contribution in [3.63, 3.8) is 0 Å². The van der Waals surface area contributed by atoms with Gasteiger partial charge in [0.2, 0.25) is 10.0 Å². The maximum Gasteiger partial charge on any atom is 0.573 e. The molecule has 0 aliphatic rings. The SMILES string of the molecule is CC(C)OCNS(=O)(=O)c1ccc(OC(F)(F)F)cc1. The molecule has 0 aromatic heterocycles. The summed E-state index contributed by atoms with van der Waals surface area (Å²) in [5.74, 6) is -0.491. The predicted molar refractivity (Wildman–Crippen MR) is 64.5 cm³/mol. The van der Waals surface area contributed by atoms with Crippen LogP contribution in [-0.4, -0.2) is 27.6 Å². The molecule has 0 spiro atoms. The Morgan fingerprint density at radius 2 is 1.75 bits per heavy atom. The number of rotatable bonds is 6. The monoisotopic (exact) mass is 313 g/mol. The molecule has 20 heavy (non-hydrogen) atoms. The zero-order valence-electron chi connectivity index (χ0n) is 10.8. The third-order valence-electron chi connectivity index (χ3n) is 2.03. The van der Waals surface area contributed by atoms with Crippen LogP contribution in [0.4, 0.5) is 13.2 Å². The molecular weight excluding hydrogens is 299 g/mol. The smallest absolute Gasteiger partial charge is 0.406 e. The second-order valence-corrected chi connectivity index (χ2v) is 5.79. The molecule has 0 atom stereocenters. The third-order valence-corrected chi connectivity index (χ3v) is 3.42. The average Bonchev–Trinajstić information content (AvgIpc) is 2.26. The van der Waals surface area contributed by atoms with Crippen molar-refractivity contribution < 1.29 is 31.1 Å². The summed E-state index contributed by atoms with van der Waals surface area (Å²) in [6.07, 6.45) is -4.97. The van der Waals surface area contributed by atoms with E-state index in [0.717, 1.165) is 24.3 Å². The first-order chi connectivity index (χ1) is 9.10. The second-order valence-electron chi connectivity index (χ2n) is 4.03. The Kier molecular flexibility index (Phi) is 5.37. The molecule has 0 saturated heterocycles. The fraction of sp³-hybridized carbons (Fsp3) is 0.455. The largest absolute Gasteiger partial charge is 0.573 e. The molecule has 0 fully saturated rings. The van der Waals surface area contributed by atoms with Crippen LogP contribution in [0.15, 0.2) is 29.2 Å². The van der Waals surface area contributed by atoms with Gasteiger partial charge in [-0.3, -0.25) is 0 Å². The molecule has 0 radical (unpaired) electrons. The van der Waals surface area contributed by atoms with Crippen LogP contribution in [0, 0.1) is 0 Å². The summed E-state index contributed by atoms with van der Waals surface area (Å²) in [5.41, 5.74) is 0. The molecule has 0 amide bonds. The summed E-state index contributed by atoms with van der Waals surface area (Å²) in [6.45, 7) is 3.25. The zero-order chi connectivity index (χ0) is 15.4. The van der Waals surface area contributed by atoms with E-state index in [-0.39, 0.29) is 17.7 Å². The van der Waals surface area contributed by atoms with E-state index in [1.54, 1.807) is 13.8 Å². The van der Waals surface area contributed by atoms with E-state index >= 15 is 0 Å². The normalized spacial score (nSPS) is 12.7. The lowest BCUT2D eigenvalue weighted by atomic mass is 10.3. The molecule has 1 aromatic carbocycles. The van der Waals surface area contributed by atoms with Gasteiger partial charge in [0, 0.05) is 0 Å². The first-order valence-corrected chi connectivity index (χ1v) is 7.05. The summed E-state index contributed by atoms with van der Waals surface area (Å²) in [4.78, 5) is -0.181. The van der Waals surface area contributed by atoms with Gasteiger partial charge in [-0.1, -0.05) is 0 Å². The Hall–Kier alpha value is -1.32. The van der Waals surface area contributed by atoms with Crippen LogP contribution in [0.2, 0.25) is 0 Å². The van der Waals surface area contributed by atoms with Crippen LogP contribution < -0.4 is 9.46 Å². The molecule has 0 aliphatic carbocycles. The third kappa shape index (κ3) is 5.76. The Balaban J connectivity index is 2.72. The number of alkyl halides is 3.